The molecule has 2 heterocycles. The highest BCUT2D eigenvalue weighted by atomic mass is 33.1. The molecular weight excluding hydrogens is 176 g/mol. The molecule has 0 saturated heterocycles. The molecule has 0 aliphatic carbocycles. The van der Waals surface area contributed by atoms with Crippen LogP contribution in [0.5, 0.6) is 0 Å². The van der Waals surface area contributed by atoms with Crippen LogP contribution in [0.3, 0.4) is 0 Å². The van der Waals surface area contributed by atoms with Crippen LogP contribution in [0.15, 0.2) is 9.81 Å². The van der Waals surface area contributed by atoms with Gasteiger partial charge in [-0.05, 0) is 0 Å². The highest BCUT2D eigenvalue weighted by Gasteiger charge is 2.21. The maximum atomic E-state index is 1.97. The van der Waals surface area contributed by atoms with Crippen LogP contribution in [0.1, 0.15) is 0 Å². The second-order valence-corrected chi connectivity index (χ2v) is 6.32. The Bertz CT molecular complexity index is 111. The normalized spacial score (nSPS) is 27.0. The van der Waals surface area contributed by atoms with Gasteiger partial charge in [-0.15, -0.1) is 0 Å². The van der Waals surface area contributed by atoms with Crippen molar-refractivity contribution in [1.82, 2.24) is 0 Å². The first-order chi connectivity index (χ1) is 3.97. The Morgan fingerprint density at radius 2 is 1.38 bits per heavy atom. The molecule has 0 bridgehead atoms. The van der Waals surface area contributed by atoms with Crippen LogP contribution in [0, 0.1) is 0 Å². The molecule has 0 aromatic heterocycles. The molecule has 0 unspecified atom stereocenters. The second-order valence-electron chi connectivity index (χ2n) is 1.54. The first-order valence-corrected chi connectivity index (χ1v) is 6.91. The van der Waals surface area contributed by atoms with Gasteiger partial charge in [0.15, 0.2) is 0 Å². The zero-order valence-electron chi connectivity index (χ0n) is 4.05. The van der Waals surface area contributed by atoms with Crippen molar-refractivity contribution in [1.29, 1.82) is 0 Å². The van der Waals surface area contributed by atoms with Gasteiger partial charge in [0.1, 0.15) is 0 Å². The van der Waals surface area contributed by atoms with E-state index in [1.165, 1.54) is 11.5 Å². The molecule has 4 heteroatoms. The zero-order valence-corrected chi connectivity index (χ0v) is 7.31. The molecule has 2 rings (SSSR count). The Balaban J connectivity index is 2.23. The summed E-state index contributed by atoms with van der Waals surface area (Å²) in [7, 11) is 7.88. The third-order valence-corrected chi connectivity index (χ3v) is 6.36. The Morgan fingerprint density at radius 1 is 0.875 bits per heavy atom. The van der Waals surface area contributed by atoms with Crippen molar-refractivity contribution in [3.63, 3.8) is 0 Å². The summed E-state index contributed by atoms with van der Waals surface area (Å²) in [5.74, 6) is 2.52. The first-order valence-electron chi connectivity index (χ1n) is 2.28. The summed E-state index contributed by atoms with van der Waals surface area (Å²) in [6.45, 7) is 0. The Kier molecular flexibility index (Phi) is 1.77. The average Bonchev–Trinajstić information content (AvgIpc) is 2.15. The first kappa shape index (κ1) is 5.89. The fourth-order valence-electron chi connectivity index (χ4n) is 0.610. The van der Waals surface area contributed by atoms with E-state index >= 15 is 0 Å². The molecule has 2 aliphatic heterocycles. The summed E-state index contributed by atoms with van der Waals surface area (Å²) in [4.78, 5) is 3.26. The molecule has 44 valence electrons. The van der Waals surface area contributed by atoms with E-state index in [0.717, 1.165) is 0 Å². The lowest BCUT2D eigenvalue weighted by molar-refractivity contribution is 1.64. The third-order valence-electron chi connectivity index (χ3n) is 1.01. The maximum absolute atomic E-state index is 1.97. The van der Waals surface area contributed by atoms with Crippen molar-refractivity contribution < 1.29 is 0 Å². The molecule has 2 aliphatic rings. The maximum Gasteiger partial charge on any atom is 0.0369 e. The predicted molar refractivity (Wildman–Crippen MR) is 47.1 cm³/mol. The van der Waals surface area contributed by atoms with Crippen LogP contribution >= 0.6 is 43.2 Å². The topological polar surface area (TPSA) is 0 Å². The van der Waals surface area contributed by atoms with Gasteiger partial charge >= 0.3 is 0 Å². The summed E-state index contributed by atoms with van der Waals surface area (Å²) in [6.07, 6.45) is 0. The predicted octanol–water partition coefficient (Wildman–Crippen LogP) is 2.99. The van der Waals surface area contributed by atoms with Crippen molar-refractivity contribution in [3.8, 4) is 0 Å². The fourth-order valence-corrected chi connectivity index (χ4v) is 7.22. The van der Waals surface area contributed by atoms with Crippen LogP contribution in [0.25, 0.3) is 0 Å². The number of rotatable bonds is 0. The van der Waals surface area contributed by atoms with Crippen molar-refractivity contribution in [2.24, 2.45) is 0 Å². The summed E-state index contributed by atoms with van der Waals surface area (Å²) in [5, 5.41) is 0. The lowest BCUT2D eigenvalue weighted by atomic mass is 10.6. The molecule has 0 aromatic rings. The van der Waals surface area contributed by atoms with E-state index in [4.69, 9.17) is 0 Å². The molecule has 0 N–H and O–H groups in total. The molecule has 0 fully saturated rings. The quantitative estimate of drug-likeness (QED) is 0.525. The van der Waals surface area contributed by atoms with Gasteiger partial charge in [0, 0.05) is 21.3 Å². The highest BCUT2D eigenvalue weighted by Crippen LogP contribution is 2.55. The molecular formula is C4H4S4. The molecule has 0 nitrogen and oxygen atoms in total. The van der Waals surface area contributed by atoms with Gasteiger partial charge in [-0.25, -0.2) is 0 Å². The van der Waals surface area contributed by atoms with E-state index < -0.39 is 0 Å². The van der Waals surface area contributed by atoms with Gasteiger partial charge in [0.05, 0.1) is 0 Å². The second kappa shape index (κ2) is 2.40. The summed E-state index contributed by atoms with van der Waals surface area (Å²) < 4.78 is 0. The van der Waals surface area contributed by atoms with Crippen molar-refractivity contribution in [3.05, 3.63) is 9.81 Å². The summed E-state index contributed by atoms with van der Waals surface area (Å²) in [5.41, 5.74) is 0. The van der Waals surface area contributed by atoms with E-state index in [2.05, 4.69) is 0 Å². The highest BCUT2D eigenvalue weighted by molar-refractivity contribution is 8.83. The van der Waals surface area contributed by atoms with Crippen LogP contribution in [-0.4, -0.2) is 11.5 Å². The zero-order chi connectivity index (χ0) is 5.40. The van der Waals surface area contributed by atoms with Gasteiger partial charge in [0.2, 0.25) is 0 Å². The molecule has 0 saturated carbocycles. The minimum atomic E-state index is 1.26. The smallest absolute Gasteiger partial charge is 0.0369 e. The van der Waals surface area contributed by atoms with Gasteiger partial charge < -0.3 is 0 Å². The van der Waals surface area contributed by atoms with Crippen molar-refractivity contribution >= 4 is 43.2 Å². The number of hydrogen-bond acceptors (Lipinski definition) is 4. The van der Waals surface area contributed by atoms with Crippen molar-refractivity contribution in [2.75, 3.05) is 11.5 Å². The van der Waals surface area contributed by atoms with Crippen LogP contribution in [0.2, 0.25) is 0 Å². The van der Waals surface area contributed by atoms with E-state index in [1.54, 1.807) is 9.81 Å². The average molecular weight is 180 g/mol. The van der Waals surface area contributed by atoms with Crippen LogP contribution in [0.4, 0.5) is 0 Å². The van der Waals surface area contributed by atoms with Crippen LogP contribution in [-0.2, 0) is 0 Å². The van der Waals surface area contributed by atoms with E-state index in [9.17, 15) is 0 Å². The van der Waals surface area contributed by atoms with Gasteiger partial charge in [0.25, 0.3) is 0 Å². The lowest BCUT2D eigenvalue weighted by Crippen LogP contribution is -1.70. The summed E-state index contributed by atoms with van der Waals surface area (Å²) in [6, 6.07) is 0. The minimum Gasteiger partial charge on any atom is -0.0838 e. The molecule has 8 heavy (non-hydrogen) atoms. The Labute approximate surface area is 64.4 Å². The molecule has 0 radical (unpaired) electrons. The Morgan fingerprint density at radius 3 is 1.88 bits per heavy atom. The fraction of sp³-hybridized carbons (Fsp3) is 0.500. The monoisotopic (exact) mass is 180 g/mol. The summed E-state index contributed by atoms with van der Waals surface area (Å²) >= 11 is 0. The lowest BCUT2D eigenvalue weighted by Gasteiger charge is -1.89. The van der Waals surface area contributed by atoms with Gasteiger partial charge in [-0.3, -0.25) is 0 Å². The van der Waals surface area contributed by atoms with E-state index in [1.807, 2.05) is 43.2 Å². The Hall–Kier alpha value is 1.14. The molecule has 0 amide bonds. The third kappa shape index (κ3) is 0.916. The standard InChI is InChI=1S/C4H4S4/c1-3-4(8-5-1)2-6-7-3/h1-2H2. The van der Waals surface area contributed by atoms with E-state index in [-0.39, 0.29) is 0 Å². The largest absolute Gasteiger partial charge is 0.0838 e. The van der Waals surface area contributed by atoms with Gasteiger partial charge in [-0.1, -0.05) is 43.2 Å². The SMILES string of the molecule is C1SSC2=C1SSC2. The van der Waals surface area contributed by atoms with E-state index in [0.29, 0.717) is 0 Å². The number of hydrogen-bond donors (Lipinski definition) is 0. The molecule has 0 aromatic carbocycles. The minimum absolute atomic E-state index is 1.26. The molecule has 0 spiro atoms. The van der Waals surface area contributed by atoms with Gasteiger partial charge in [-0.2, -0.15) is 0 Å². The van der Waals surface area contributed by atoms with Crippen LogP contribution < -0.4 is 0 Å². The molecule has 0 atom stereocenters. The van der Waals surface area contributed by atoms with Crippen molar-refractivity contribution in [2.45, 2.75) is 0 Å².